The molecular formula is C40H44F5N9O5S. The van der Waals surface area contributed by atoms with E-state index in [-0.39, 0.29) is 42.5 Å². The Bertz CT molecular complexity index is 2220. The number of anilines is 4. The van der Waals surface area contributed by atoms with Gasteiger partial charge < -0.3 is 20.3 Å². The summed E-state index contributed by atoms with van der Waals surface area (Å²) in [5.74, 6) is -3.90. The highest BCUT2D eigenvalue weighted by atomic mass is 32.1. The minimum atomic E-state index is -4.86. The fourth-order valence-corrected chi connectivity index (χ4v) is 8.26. The molecular weight excluding hydrogens is 814 g/mol. The Morgan fingerprint density at radius 1 is 1.12 bits per heavy atom. The number of carbonyl (C=O) groups excluding carboxylic acids is 4. The molecule has 2 aromatic carbocycles. The molecule has 20 heteroatoms. The number of aryl methyl sites for hydroxylation is 1. The second-order valence-corrected chi connectivity index (χ2v) is 15.7. The summed E-state index contributed by atoms with van der Waals surface area (Å²) in [6.45, 7) is 9.72. The van der Waals surface area contributed by atoms with Crippen LogP contribution in [0.4, 0.5) is 44.7 Å². The van der Waals surface area contributed by atoms with Crippen LogP contribution >= 0.6 is 12.6 Å². The van der Waals surface area contributed by atoms with Crippen molar-refractivity contribution in [3.05, 3.63) is 71.1 Å². The Morgan fingerprint density at radius 2 is 1.87 bits per heavy atom. The number of piperazine rings is 1. The Morgan fingerprint density at radius 3 is 2.53 bits per heavy atom. The number of nitrogens with one attached hydrogen (secondary N) is 3. The zero-order chi connectivity index (χ0) is 43.7. The number of halogens is 5. The lowest BCUT2D eigenvalue weighted by Gasteiger charge is -2.39. The van der Waals surface area contributed by atoms with Crippen LogP contribution in [-0.2, 0) is 31.8 Å². The van der Waals surface area contributed by atoms with Crippen molar-refractivity contribution in [2.75, 3.05) is 59.8 Å². The predicted octanol–water partition coefficient (Wildman–Crippen LogP) is 4.90. The highest BCUT2D eigenvalue weighted by molar-refractivity contribution is 7.81. The van der Waals surface area contributed by atoms with E-state index in [9.17, 15) is 46.4 Å². The van der Waals surface area contributed by atoms with E-state index in [2.05, 4.69) is 38.5 Å². The molecule has 0 bridgehead atoms. The summed E-state index contributed by atoms with van der Waals surface area (Å²) < 4.78 is 76.6. The van der Waals surface area contributed by atoms with Crippen molar-refractivity contribution in [2.45, 2.75) is 76.3 Å². The molecule has 3 aromatic rings. The second-order valence-electron chi connectivity index (χ2n) is 15.3. The molecule has 6 rings (SSSR count). The number of imide groups is 1. The van der Waals surface area contributed by atoms with Crippen molar-refractivity contribution in [2.24, 2.45) is 0 Å². The summed E-state index contributed by atoms with van der Waals surface area (Å²) in [5.41, 5.74) is -3.31. The third-order valence-corrected chi connectivity index (χ3v) is 11.3. The molecule has 0 saturated carbocycles. The van der Waals surface area contributed by atoms with Crippen LogP contribution in [0.15, 0.2) is 42.6 Å². The predicted molar refractivity (Wildman–Crippen MR) is 214 cm³/mol. The third-order valence-electron chi connectivity index (χ3n) is 10.8. The number of carbonyl (C=O) groups is 4. The molecule has 0 aliphatic carbocycles. The van der Waals surface area contributed by atoms with Gasteiger partial charge in [0.2, 0.25) is 17.7 Å². The van der Waals surface area contributed by atoms with Crippen molar-refractivity contribution in [1.29, 1.82) is 5.26 Å². The lowest BCUT2D eigenvalue weighted by molar-refractivity contribution is -0.138. The highest BCUT2D eigenvalue weighted by Crippen LogP contribution is 2.43. The largest absolute Gasteiger partial charge is 0.492 e. The lowest BCUT2D eigenvalue weighted by Crippen LogP contribution is -2.54. The van der Waals surface area contributed by atoms with Gasteiger partial charge in [0.1, 0.15) is 30.0 Å². The Kier molecular flexibility index (Phi) is 12.9. The number of ether oxygens (including phenoxy) is 1. The fraction of sp³-hybridized carbons (Fsp3) is 0.450. The quantitative estimate of drug-likeness (QED) is 0.111. The van der Waals surface area contributed by atoms with Crippen LogP contribution in [0.1, 0.15) is 57.4 Å². The van der Waals surface area contributed by atoms with Crippen molar-refractivity contribution >= 4 is 59.0 Å². The SMILES string of the molecule is CCc1cc(N2[C@@H](S)N(c3cnc(C#N)c(C(F)(F)F)c3)C(=O)C2(C)C)ccc1OCCN1CCN(CC(=O)Nc2cc(NC3CCC(=O)NC3=O)cc(F)c2F)[C@H](C)C1. The molecule has 1 aromatic heterocycles. The lowest BCUT2D eigenvalue weighted by atomic mass is 10.0. The minimum Gasteiger partial charge on any atom is -0.492 e. The monoisotopic (exact) mass is 857 g/mol. The molecule has 0 radical (unpaired) electrons. The first-order chi connectivity index (χ1) is 28.3. The molecule has 3 saturated heterocycles. The normalized spacial score (nSPS) is 21.1. The molecule has 60 heavy (non-hydrogen) atoms. The summed E-state index contributed by atoms with van der Waals surface area (Å²) in [5, 5.41) is 16.6. The Balaban J connectivity index is 1.03. The maximum atomic E-state index is 14.7. The zero-order valence-electron chi connectivity index (χ0n) is 33.2. The maximum absolute atomic E-state index is 14.7. The molecule has 0 spiro atoms. The number of amides is 4. The maximum Gasteiger partial charge on any atom is 0.419 e. The molecule has 320 valence electrons. The number of benzene rings is 2. The molecule has 3 aliphatic heterocycles. The van der Waals surface area contributed by atoms with E-state index >= 15 is 0 Å². The number of nitrogens with zero attached hydrogens (tertiary/aromatic N) is 6. The van der Waals surface area contributed by atoms with Gasteiger partial charge in [-0.1, -0.05) is 6.92 Å². The van der Waals surface area contributed by atoms with Crippen molar-refractivity contribution in [3.63, 3.8) is 0 Å². The smallest absolute Gasteiger partial charge is 0.419 e. The van der Waals surface area contributed by atoms with Gasteiger partial charge in [0.15, 0.2) is 22.8 Å². The van der Waals surface area contributed by atoms with Crippen molar-refractivity contribution < 1.29 is 45.9 Å². The van der Waals surface area contributed by atoms with Crippen LogP contribution in [-0.4, -0.2) is 101 Å². The first kappa shape index (κ1) is 44.0. The van der Waals surface area contributed by atoms with Gasteiger partial charge >= 0.3 is 6.18 Å². The number of thiol groups is 1. The average molecular weight is 858 g/mol. The summed E-state index contributed by atoms with van der Waals surface area (Å²) >= 11 is 4.67. The van der Waals surface area contributed by atoms with Gasteiger partial charge in [-0.3, -0.25) is 39.2 Å². The molecule has 3 fully saturated rings. The Hall–Kier alpha value is -5.52. The van der Waals surface area contributed by atoms with Gasteiger partial charge in [-0.2, -0.15) is 18.4 Å². The van der Waals surface area contributed by atoms with E-state index in [0.29, 0.717) is 50.6 Å². The number of rotatable bonds is 12. The van der Waals surface area contributed by atoms with E-state index in [1.54, 1.807) is 30.9 Å². The van der Waals surface area contributed by atoms with Gasteiger partial charge in [0, 0.05) is 56.1 Å². The number of pyridine rings is 1. The van der Waals surface area contributed by atoms with Crippen LogP contribution in [0.25, 0.3) is 0 Å². The topological polar surface area (TPSA) is 163 Å². The van der Waals surface area contributed by atoms with Gasteiger partial charge in [0.05, 0.1) is 29.7 Å². The fourth-order valence-electron chi connectivity index (χ4n) is 7.60. The van der Waals surface area contributed by atoms with Gasteiger partial charge in [-0.05, 0) is 69.5 Å². The van der Waals surface area contributed by atoms with Gasteiger partial charge in [-0.15, -0.1) is 12.6 Å². The molecule has 4 amide bonds. The van der Waals surface area contributed by atoms with E-state index < -0.39 is 69.8 Å². The van der Waals surface area contributed by atoms with Crippen LogP contribution in [0.2, 0.25) is 0 Å². The van der Waals surface area contributed by atoms with Crippen molar-refractivity contribution in [3.8, 4) is 11.8 Å². The first-order valence-electron chi connectivity index (χ1n) is 19.2. The molecule has 3 aliphatic rings. The number of hydrogen-bond donors (Lipinski definition) is 4. The zero-order valence-corrected chi connectivity index (χ0v) is 34.1. The van der Waals surface area contributed by atoms with Crippen molar-refractivity contribution in [1.82, 2.24) is 20.1 Å². The van der Waals surface area contributed by atoms with E-state index in [1.807, 2.05) is 24.8 Å². The van der Waals surface area contributed by atoms with Crippen LogP contribution in [0.5, 0.6) is 5.75 Å². The number of piperidine rings is 1. The summed E-state index contributed by atoms with van der Waals surface area (Å²) in [4.78, 5) is 60.9. The van der Waals surface area contributed by atoms with Crippen LogP contribution in [0, 0.1) is 23.0 Å². The number of alkyl halides is 3. The average Bonchev–Trinajstić information content (AvgIpc) is 3.36. The summed E-state index contributed by atoms with van der Waals surface area (Å²) in [6, 6.07) is 8.75. The molecule has 3 atom stereocenters. The molecule has 14 nitrogen and oxygen atoms in total. The number of aromatic nitrogens is 1. The summed E-state index contributed by atoms with van der Waals surface area (Å²) in [6.07, 6.45) is -2.97. The van der Waals surface area contributed by atoms with Crippen LogP contribution in [0.3, 0.4) is 0 Å². The van der Waals surface area contributed by atoms with E-state index in [4.69, 9.17) is 4.74 Å². The van der Waals surface area contributed by atoms with E-state index in [1.165, 1.54) is 12.1 Å². The molecule has 3 N–H and O–H groups in total. The minimum absolute atomic E-state index is 0.0715. The third kappa shape index (κ3) is 9.27. The molecule has 1 unspecified atom stereocenters. The van der Waals surface area contributed by atoms with Crippen LogP contribution < -0.4 is 30.5 Å². The standard InChI is InChI=1S/C40H44F5N9O5S/c1-5-23-14-25(54-38(60)53(37(58)39(54,3)4)26-17-27(40(43,44)45)31(18-46)47-19-26)6-8-32(23)59-13-12-51-10-11-52(22(2)20-51)21-34(56)49-30-16-24(15-28(41)35(30)42)48-29-7-9-33(55)50-36(29)57/h6,8,14-17,19,22,29,38,48,60H,5,7,9-13,20-21H2,1-4H3,(H,49,56)(H,50,55,57)/t22-,29?,38+/m1/s1. The summed E-state index contributed by atoms with van der Waals surface area (Å²) in [7, 11) is 0. The first-order valence-corrected chi connectivity index (χ1v) is 19.7. The van der Waals surface area contributed by atoms with Gasteiger partial charge in [0.25, 0.3) is 5.91 Å². The van der Waals surface area contributed by atoms with Gasteiger partial charge in [-0.25, -0.2) is 13.8 Å². The number of hydrogen-bond acceptors (Lipinski definition) is 12. The Labute approximate surface area is 348 Å². The van der Waals surface area contributed by atoms with E-state index in [0.717, 1.165) is 28.8 Å². The highest BCUT2D eigenvalue weighted by Gasteiger charge is 2.52. The number of nitriles is 1. The molecule has 4 heterocycles. The second kappa shape index (κ2) is 17.6.